The van der Waals surface area contributed by atoms with Crippen molar-refractivity contribution in [2.45, 2.75) is 88.0 Å². The molecule has 3 fully saturated rings. The molecule has 51 heavy (non-hydrogen) atoms. The molecule has 1 aliphatic carbocycles. The van der Waals surface area contributed by atoms with Crippen molar-refractivity contribution in [2.24, 2.45) is 11.8 Å². The molecule has 11 heteroatoms. The van der Waals surface area contributed by atoms with E-state index in [0.29, 0.717) is 62.5 Å². The van der Waals surface area contributed by atoms with Gasteiger partial charge >= 0.3 is 5.97 Å². The van der Waals surface area contributed by atoms with Crippen molar-refractivity contribution in [1.82, 2.24) is 5.32 Å². The largest absolute Gasteiger partial charge is 0.480 e. The van der Waals surface area contributed by atoms with E-state index in [1.54, 1.807) is 17.0 Å². The lowest BCUT2D eigenvalue weighted by molar-refractivity contribution is -0.212. The molecule has 3 aromatic carbocycles. The highest BCUT2D eigenvalue weighted by Crippen LogP contribution is 2.46. The van der Waals surface area contributed by atoms with Gasteiger partial charge in [0.25, 0.3) is 0 Å². The van der Waals surface area contributed by atoms with Gasteiger partial charge in [-0.05, 0) is 91.1 Å². The number of aryl methyl sites for hydroxylation is 1. The van der Waals surface area contributed by atoms with Crippen molar-refractivity contribution < 1.29 is 42.9 Å². The van der Waals surface area contributed by atoms with Crippen LogP contribution in [0.3, 0.4) is 0 Å². The highest BCUT2D eigenvalue weighted by Gasteiger charge is 2.48. The normalized spacial score (nSPS) is 21.3. The van der Waals surface area contributed by atoms with E-state index in [2.05, 4.69) is 5.32 Å². The number of amides is 2. The minimum Gasteiger partial charge on any atom is -0.480 e. The first-order chi connectivity index (χ1) is 24.6. The Hall–Kier alpha value is -4.19. The Bertz CT molecular complexity index is 1640. The number of aliphatic hydroxyl groups is 1. The maximum absolute atomic E-state index is 13.7. The van der Waals surface area contributed by atoms with Crippen LogP contribution in [0.2, 0.25) is 0 Å². The zero-order valence-corrected chi connectivity index (χ0v) is 28.6. The van der Waals surface area contributed by atoms with Crippen molar-refractivity contribution in [3.05, 3.63) is 101 Å². The lowest BCUT2D eigenvalue weighted by Gasteiger charge is -2.48. The van der Waals surface area contributed by atoms with Gasteiger partial charge in [-0.1, -0.05) is 68.5 Å². The monoisotopic (exact) mass is 704 g/mol. The number of nitrogens with zero attached hydrogens (tertiary/aromatic N) is 1. The Morgan fingerprint density at radius 2 is 1.59 bits per heavy atom. The molecule has 0 radical (unpaired) electrons. The number of anilines is 1. The number of carboxylic acids is 1. The van der Waals surface area contributed by atoms with Gasteiger partial charge in [-0.2, -0.15) is 0 Å². The first-order valence-corrected chi connectivity index (χ1v) is 18.0. The number of carbonyl (C=O) groups excluding carboxylic acids is 2. The molecule has 3 N–H and O–H groups in total. The van der Waals surface area contributed by atoms with E-state index in [4.69, 9.17) is 9.47 Å². The first kappa shape index (κ1) is 36.6. The molecule has 2 saturated heterocycles. The number of ether oxygens (including phenoxy) is 2. The summed E-state index contributed by atoms with van der Waals surface area (Å²) in [5.74, 6) is -2.48. The quantitative estimate of drug-likeness (QED) is 0.147. The van der Waals surface area contributed by atoms with Crippen LogP contribution in [0.1, 0.15) is 86.6 Å². The Morgan fingerprint density at radius 3 is 2.20 bits per heavy atom. The number of aliphatic carboxylic acids is 1. The third-order valence-electron chi connectivity index (χ3n) is 10.7. The molecule has 2 heterocycles. The van der Waals surface area contributed by atoms with Gasteiger partial charge in [-0.15, -0.1) is 0 Å². The molecule has 3 aromatic rings. The molecular weight excluding hydrogens is 658 g/mol. The van der Waals surface area contributed by atoms with Crippen molar-refractivity contribution in [3.63, 3.8) is 0 Å². The maximum Gasteiger partial charge on any atom is 0.326 e. The summed E-state index contributed by atoms with van der Waals surface area (Å²) in [6, 6.07) is 18.2. The molecule has 2 unspecified atom stereocenters. The van der Waals surface area contributed by atoms with Crippen LogP contribution in [-0.4, -0.2) is 59.5 Å². The summed E-state index contributed by atoms with van der Waals surface area (Å²) in [5, 5.41) is 23.1. The summed E-state index contributed by atoms with van der Waals surface area (Å²) in [6.45, 7) is 0.430. The summed E-state index contributed by atoms with van der Waals surface area (Å²) in [4.78, 5) is 39.7. The van der Waals surface area contributed by atoms with E-state index < -0.39 is 41.4 Å². The Morgan fingerprint density at radius 1 is 0.941 bits per heavy atom. The highest BCUT2D eigenvalue weighted by atomic mass is 19.1. The summed E-state index contributed by atoms with van der Waals surface area (Å²) >= 11 is 0. The van der Waals surface area contributed by atoms with E-state index in [9.17, 15) is 33.4 Å². The fourth-order valence-corrected chi connectivity index (χ4v) is 7.61. The number of carboxylic acid groups (broad SMARTS) is 1. The molecule has 3 aliphatic rings. The minimum absolute atomic E-state index is 0.112. The Balaban J connectivity index is 1.06. The van der Waals surface area contributed by atoms with Gasteiger partial charge in [-0.3, -0.25) is 9.59 Å². The summed E-state index contributed by atoms with van der Waals surface area (Å²) in [5.41, 5.74) is 2.45. The van der Waals surface area contributed by atoms with E-state index in [-0.39, 0.29) is 24.4 Å². The second-order valence-corrected chi connectivity index (χ2v) is 14.3. The molecular formula is C40H46F2N2O7. The van der Waals surface area contributed by atoms with Crippen LogP contribution in [0.25, 0.3) is 0 Å². The minimum atomic E-state index is -1.03. The van der Waals surface area contributed by atoms with Gasteiger partial charge in [-0.25, -0.2) is 13.6 Å². The highest BCUT2D eigenvalue weighted by molar-refractivity contribution is 6.03. The second-order valence-electron chi connectivity index (χ2n) is 14.3. The molecule has 9 nitrogen and oxygen atoms in total. The van der Waals surface area contributed by atoms with Crippen LogP contribution < -0.4 is 10.2 Å². The molecule has 2 amide bonds. The SMILES string of the molecule is O=C(COC1(CCc2ccc([C@@H]3[C@@H](CCC(O)c4ccc(F)cc4)C(=O)N3c3ccc(F)cc3)cc2)COC1)NC(CC1CCCCC1)C(=O)O. The lowest BCUT2D eigenvalue weighted by atomic mass is 9.78. The van der Waals surface area contributed by atoms with Crippen LogP contribution in [0, 0.1) is 23.5 Å². The molecule has 6 rings (SSSR count). The third-order valence-corrected chi connectivity index (χ3v) is 10.7. The summed E-state index contributed by atoms with van der Waals surface area (Å²) < 4.78 is 38.6. The maximum atomic E-state index is 13.7. The number of β-lactam (4-membered cyclic amide) rings is 1. The van der Waals surface area contributed by atoms with Crippen LogP contribution in [0.5, 0.6) is 0 Å². The Labute approximate surface area is 296 Å². The fourth-order valence-electron chi connectivity index (χ4n) is 7.61. The van der Waals surface area contributed by atoms with Gasteiger partial charge in [0.2, 0.25) is 11.8 Å². The fraction of sp³-hybridized carbons (Fsp3) is 0.475. The zero-order chi connectivity index (χ0) is 36.0. The molecule has 4 atom stereocenters. The van der Waals surface area contributed by atoms with Gasteiger partial charge in [0.1, 0.15) is 29.9 Å². The zero-order valence-electron chi connectivity index (χ0n) is 28.6. The predicted octanol–water partition coefficient (Wildman–Crippen LogP) is 6.44. The van der Waals surface area contributed by atoms with Gasteiger partial charge in [0.05, 0.1) is 31.3 Å². The number of carbonyl (C=O) groups is 3. The molecule has 1 saturated carbocycles. The Kier molecular flexibility index (Phi) is 11.8. The van der Waals surface area contributed by atoms with Gasteiger partial charge in [0, 0.05) is 5.69 Å². The van der Waals surface area contributed by atoms with Crippen LogP contribution in [0.15, 0.2) is 72.8 Å². The third kappa shape index (κ3) is 9.01. The number of hydrogen-bond donors (Lipinski definition) is 3. The summed E-state index contributed by atoms with van der Waals surface area (Å²) in [7, 11) is 0. The lowest BCUT2D eigenvalue weighted by Crippen LogP contribution is -2.55. The van der Waals surface area contributed by atoms with Gasteiger partial charge < -0.3 is 29.9 Å². The van der Waals surface area contributed by atoms with Crippen LogP contribution in [-0.2, 0) is 30.3 Å². The van der Waals surface area contributed by atoms with E-state index >= 15 is 0 Å². The van der Waals surface area contributed by atoms with E-state index in [1.165, 1.54) is 42.8 Å². The first-order valence-electron chi connectivity index (χ1n) is 18.0. The van der Waals surface area contributed by atoms with Crippen LogP contribution in [0.4, 0.5) is 14.5 Å². The molecule has 2 aliphatic heterocycles. The number of nitrogens with one attached hydrogen (secondary N) is 1. The second kappa shape index (κ2) is 16.4. The van der Waals surface area contributed by atoms with E-state index in [0.717, 1.165) is 36.8 Å². The molecule has 0 bridgehead atoms. The summed E-state index contributed by atoms with van der Waals surface area (Å²) in [6.07, 6.45) is 6.89. The van der Waals surface area contributed by atoms with Crippen molar-refractivity contribution in [1.29, 1.82) is 0 Å². The van der Waals surface area contributed by atoms with E-state index in [1.807, 2.05) is 24.3 Å². The molecule has 272 valence electrons. The topological polar surface area (TPSA) is 125 Å². The van der Waals surface area contributed by atoms with Gasteiger partial charge in [0.15, 0.2) is 0 Å². The molecule has 0 spiro atoms. The van der Waals surface area contributed by atoms with Crippen molar-refractivity contribution in [3.8, 4) is 0 Å². The molecule has 0 aromatic heterocycles. The van der Waals surface area contributed by atoms with Crippen molar-refractivity contribution >= 4 is 23.5 Å². The average molecular weight is 705 g/mol. The number of aliphatic hydroxyl groups excluding tert-OH is 1. The smallest absolute Gasteiger partial charge is 0.326 e. The number of rotatable bonds is 16. The number of benzene rings is 3. The van der Waals surface area contributed by atoms with Crippen molar-refractivity contribution in [2.75, 3.05) is 24.7 Å². The number of halogens is 2. The average Bonchev–Trinajstić information content (AvgIpc) is 3.11. The predicted molar refractivity (Wildman–Crippen MR) is 186 cm³/mol. The van der Waals surface area contributed by atoms with Crippen LogP contribution >= 0.6 is 0 Å². The number of hydrogen-bond acceptors (Lipinski definition) is 6. The standard InChI is InChI=1S/C40H46F2N2O7/c41-30-12-10-28(11-13-30)35(45)19-18-33-37(44(38(33)47)32-16-14-31(42)15-17-32)29-8-6-26(7-9-29)20-21-40(24-50-25-40)51-23-36(46)43-34(39(48)49)22-27-4-2-1-3-5-27/h6-17,27,33-35,37,45H,1-5,18-25H2,(H,43,46)(H,48,49)/t33-,34?,35?,37-/m1/s1.